The van der Waals surface area contributed by atoms with Crippen LogP contribution in [0.1, 0.15) is 28.4 Å². The maximum Gasteiger partial charge on any atom is 0.257 e. The minimum absolute atomic E-state index is 0.0102. The van der Waals surface area contributed by atoms with Crippen molar-refractivity contribution in [3.8, 4) is 5.88 Å². The van der Waals surface area contributed by atoms with Crippen LogP contribution in [0.5, 0.6) is 5.88 Å². The summed E-state index contributed by atoms with van der Waals surface area (Å²) in [7, 11) is 0. The molecule has 0 saturated carbocycles. The lowest BCUT2D eigenvalue weighted by Crippen LogP contribution is -2.37. The van der Waals surface area contributed by atoms with Gasteiger partial charge in [0.1, 0.15) is 23.0 Å². The monoisotopic (exact) mass is 391 g/mol. The second kappa shape index (κ2) is 8.97. The second-order valence-corrected chi connectivity index (χ2v) is 6.47. The number of carbonyl (C=O) groups is 1. The van der Waals surface area contributed by atoms with Gasteiger partial charge in [-0.05, 0) is 43.2 Å². The quantitative estimate of drug-likeness (QED) is 0.821. The van der Waals surface area contributed by atoms with E-state index in [4.69, 9.17) is 9.47 Å². The van der Waals surface area contributed by atoms with Crippen molar-refractivity contribution in [3.63, 3.8) is 0 Å². The van der Waals surface area contributed by atoms with Gasteiger partial charge < -0.3 is 19.7 Å². The molecule has 1 aliphatic rings. The van der Waals surface area contributed by atoms with Crippen molar-refractivity contribution in [2.75, 3.05) is 37.8 Å². The van der Waals surface area contributed by atoms with Crippen LogP contribution in [0.3, 0.4) is 0 Å². The molecule has 1 fully saturated rings. The van der Waals surface area contributed by atoms with Crippen LogP contribution in [0.25, 0.3) is 0 Å². The average molecular weight is 391 g/mol. The number of aromatic nitrogens is 1. The van der Waals surface area contributed by atoms with Gasteiger partial charge in [0.15, 0.2) is 0 Å². The van der Waals surface area contributed by atoms with Crippen LogP contribution in [-0.2, 0) is 11.3 Å². The number of morpholine rings is 1. The topological polar surface area (TPSA) is 63.7 Å². The molecule has 6 nitrogen and oxygen atoms in total. The van der Waals surface area contributed by atoms with E-state index in [0.717, 1.165) is 11.9 Å². The fourth-order valence-corrected chi connectivity index (χ4v) is 3.08. The van der Waals surface area contributed by atoms with Gasteiger partial charge in [0.05, 0.1) is 19.8 Å². The Labute approximate surface area is 162 Å². The molecule has 1 aromatic carbocycles. The number of aryl methyl sites for hydroxylation is 1. The number of hydrogen-bond acceptors (Lipinski definition) is 5. The van der Waals surface area contributed by atoms with Crippen LogP contribution in [-0.4, -0.2) is 43.8 Å². The van der Waals surface area contributed by atoms with E-state index in [1.54, 1.807) is 0 Å². The number of pyridine rings is 1. The Balaban J connectivity index is 1.81. The number of carbonyl (C=O) groups excluding carboxylic acids is 1. The molecular weight excluding hydrogens is 368 g/mol. The molecule has 150 valence electrons. The smallest absolute Gasteiger partial charge is 0.257 e. The van der Waals surface area contributed by atoms with Crippen molar-refractivity contribution in [3.05, 3.63) is 52.6 Å². The highest BCUT2D eigenvalue weighted by Gasteiger charge is 2.21. The molecular formula is C20H23F2N3O3. The highest BCUT2D eigenvalue weighted by Crippen LogP contribution is 2.26. The number of halogens is 2. The summed E-state index contributed by atoms with van der Waals surface area (Å²) < 4.78 is 37.6. The lowest BCUT2D eigenvalue weighted by molar-refractivity contribution is 0.0945. The molecule has 0 bridgehead atoms. The molecule has 1 saturated heterocycles. The molecule has 0 aliphatic carbocycles. The van der Waals surface area contributed by atoms with E-state index in [1.165, 1.54) is 12.1 Å². The van der Waals surface area contributed by atoms with Gasteiger partial charge in [-0.3, -0.25) is 4.79 Å². The number of rotatable bonds is 6. The molecule has 0 unspecified atom stereocenters. The van der Waals surface area contributed by atoms with E-state index in [9.17, 15) is 13.6 Å². The van der Waals surface area contributed by atoms with Gasteiger partial charge >= 0.3 is 0 Å². The summed E-state index contributed by atoms with van der Waals surface area (Å²) in [4.78, 5) is 19.3. The minimum Gasteiger partial charge on any atom is -0.477 e. The highest BCUT2D eigenvalue weighted by atomic mass is 19.1. The van der Waals surface area contributed by atoms with Crippen LogP contribution in [0.4, 0.5) is 14.6 Å². The first-order chi connectivity index (χ1) is 13.5. The Hall–Kier alpha value is -2.74. The van der Waals surface area contributed by atoms with Crippen LogP contribution in [0.15, 0.2) is 24.3 Å². The van der Waals surface area contributed by atoms with Crippen molar-refractivity contribution in [2.45, 2.75) is 20.4 Å². The Morgan fingerprint density at radius 3 is 2.54 bits per heavy atom. The fraction of sp³-hybridized carbons (Fsp3) is 0.400. The molecule has 2 heterocycles. The third kappa shape index (κ3) is 4.75. The summed E-state index contributed by atoms with van der Waals surface area (Å²) in [5, 5.41) is 2.68. The minimum atomic E-state index is -0.688. The van der Waals surface area contributed by atoms with Gasteiger partial charge in [0, 0.05) is 25.7 Å². The van der Waals surface area contributed by atoms with Crippen molar-refractivity contribution < 1.29 is 23.0 Å². The molecule has 1 aromatic heterocycles. The van der Waals surface area contributed by atoms with Crippen molar-refractivity contribution >= 4 is 11.7 Å². The summed E-state index contributed by atoms with van der Waals surface area (Å²) >= 11 is 0. The van der Waals surface area contributed by atoms with Crippen LogP contribution >= 0.6 is 0 Å². The number of hydrogen-bond donors (Lipinski definition) is 1. The SMILES string of the molecule is CCOc1nc(N2CCOCC2)cc(C)c1C(=O)NCc1cc(F)cc(F)c1. The van der Waals surface area contributed by atoms with Gasteiger partial charge in [-0.25, -0.2) is 8.78 Å². The van der Waals surface area contributed by atoms with Gasteiger partial charge in [0.2, 0.25) is 5.88 Å². The normalized spacial score (nSPS) is 14.1. The number of amides is 1. The standard InChI is InChI=1S/C20H23F2N3O3/c1-3-28-20-18(13(2)8-17(24-20)25-4-6-27-7-5-25)19(26)23-12-14-9-15(21)11-16(22)10-14/h8-11H,3-7,12H2,1-2H3,(H,23,26). The largest absolute Gasteiger partial charge is 0.477 e. The zero-order valence-corrected chi connectivity index (χ0v) is 15.9. The van der Waals surface area contributed by atoms with Crippen molar-refractivity contribution in [1.82, 2.24) is 10.3 Å². The lowest BCUT2D eigenvalue weighted by atomic mass is 10.1. The molecule has 0 atom stereocenters. The van der Waals surface area contributed by atoms with E-state index in [-0.39, 0.29) is 12.4 Å². The third-order valence-electron chi connectivity index (χ3n) is 4.39. The van der Waals surface area contributed by atoms with Crippen LogP contribution in [0.2, 0.25) is 0 Å². The highest BCUT2D eigenvalue weighted by molar-refractivity contribution is 5.98. The van der Waals surface area contributed by atoms with Gasteiger partial charge in [-0.15, -0.1) is 0 Å². The Morgan fingerprint density at radius 2 is 1.89 bits per heavy atom. The van der Waals surface area contributed by atoms with E-state index in [0.29, 0.717) is 49.6 Å². The molecule has 1 aliphatic heterocycles. The number of anilines is 1. The summed E-state index contributed by atoms with van der Waals surface area (Å²) in [6, 6.07) is 4.99. The molecule has 3 rings (SSSR count). The van der Waals surface area contributed by atoms with Gasteiger partial charge in [0.25, 0.3) is 5.91 Å². The fourth-order valence-electron chi connectivity index (χ4n) is 3.08. The molecule has 8 heteroatoms. The number of nitrogens with zero attached hydrogens (tertiary/aromatic N) is 2. The van der Waals surface area contributed by atoms with Gasteiger partial charge in [-0.2, -0.15) is 4.98 Å². The molecule has 1 N–H and O–H groups in total. The first-order valence-electron chi connectivity index (χ1n) is 9.18. The van der Waals surface area contributed by atoms with Crippen LogP contribution < -0.4 is 15.0 Å². The molecule has 0 radical (unpaired) electrons. The van der Waals surface area contributed by atoms with Crippen LogP contribution in [0, 0.1) is 18.6 Å². The molecule has 2 aromatic rings. The summed E-state index contributed by atoms with van der Waals surface area (Å²) in [5.74, 6) is -0.814. The predicted molar refractivity (Wildman–Crippen MR) is 101 cm³/mol. The van der Waals surface area contributed by atoms with Crippen molar-refractivity contribution in [2.24, 2.45) is 0 Å². The number of benzene rings is 1. The molecule has 1 amide bonds. The number of nitrogens with one attached hydrogen (secondary N) is 1. The Bertz CT molecular complexity index is 835. The van der Waals surface area contributed by atoms with Crippen molar-refractivity contribution in [1.29, 1.82) is 0 Å². The second-order valence-electron chi connectivity index (χ2n) is 6.47. The van der Waals surface area contributed by atoms with E-state index in [1.807, 2.05) is 19.9 Å². The average Bonchev–Trinajstić information content (AvgIpc) is 2.66. The van der Waals surface area contributed by atoms with Gasteiger partial charge in [-0.1, -0.05) is 0 Å². The first kappa shape index (κ1) is 20.0. The Morgan fingerprint density at radius 1 is 1.21 bits per heavy atom. The molecule has 28 heavy (non-hydrogen) atoms. The van der Waals surface area contributed by atoms with E-state index in [2.05, 4.69) is 15.2 Å². The summed E-state index contributed by atoms with van der Waals surface area (Å²) in [6.45, 7) is 6.65. The third-order valence-corrected chi connectivity index (χ3v) is 4.39. The Kier molecular flexibility index (Phi) is 6.41. The zero-order valence-electron chi connectivity index (χ0n) is 15.9. The first-order valence-corrected chi connectivity index (χ1v) is 9.18. The molecule has 0 spiro atoms. The van der Waals surface area contributed by atoms with E-state index < -0.39 is 17.5 Å². The maximum atomic E-state index is 13.3. The lowest BCUT2D eigenvalue weighted by Gasteiger charge is -2.28. The zero-order chi connectivity index (χ0) is 20.1. The maximum absolute atomic E-state index is 13.3. The summed E-state index contributed by atoms with van der Waals surface area (Å²) in [5.41, 5.74) is 1.36. The summed E-state index contributed by atoms with van der Waals surface area (Å²) in [6.07, 6.45) is 0. The predicted octanol–water partition coefficient (Wildman–Crippen LogP) is 2.83. The van der Waals surface area contributed by atoms with E-state index >= 15 is 0 Å². The number of ether oxygens (including phenoxy) is 2.